The number of ether oxygens (including phenoxy) is 1. The summed E-state index contributed by atoms with van der Waals surface area (Å²) in [4.78, 5) is 15.8. The molecule has 1 atom stereocenters. The molecule has 3 fully saturated rings. The molecular weight excluding hydrogens is 317 g/mol. The molecule has 23 heavy (non-hydrogen) atoms. The van der Waals surface area contributed by atoms with Crippen molar-refractivity contribution in [2.24, 2.45) is 10.9 Å². The number of amidine groups is 1. The Hall–Kier alpha value is -1.80. The predicted octanol–water partition coefficient (Wildman–Crippen LogP) is 2.09. The lowest BCUT2D eigenvalue weighted by atomic mass is 9.75. The normalized spacial score (nSPS) is 32.3. The van der Waals surface area contributed by atoms with E-state index in [4.69, 9.17) is 4.74 Å². The summed E-state index contributed by atoms with van der Waals surface area (Å²) in [6, 6.07) is 3.47. The summed E-state index contributed by atoms with van der Waals surface area (Å²) in [5.74, 6) is 0.0927. The average molecular weight is 333 g/mol. The molecule has 0 saturated carbocycles. The first-order valence-corrected chi connectivity index (χ1v) is 8.68. The number of rotatable bonds is 1. The smallest absolute Gasteiger partial charge is 0.291 e. The van der Waals surface area contributed by atoms with Gasteiger partial charge in [-0.1, -0.05) is 11.3 Å². The number of hydrogen-bond acceptors (Lipinski definition) is 7. The van der Waals surface area contributed by atoms with Crippen molar-refractivity contribution < 1.29 is 9.13 Å². The van der Waals surface area contributed by atoms with E-state index in [1.807, 2.05) is 0 Å². The highest BCUT2D eigenvalue weighted by atomic mass is 32.1. The number of pyridine rings is 1. The minimum atomic E-state index is -0.492. The Morgan fingerprint density at radius 2 is 2.17 bits per heavy atom. The Morgan fingerprint density at radius 3 is 2.96 bits per heavy atom. The number of halogens is 1. The number of anilines is 1. The lowest BCUT2D eigenvalue weighted by molar-refractivity contribution is -0.0829. The van der Waals surface area contributed by atoms with E-state index < -0.39 is 5.95 Å². The molecule has 1 N–H and O–H groups in total. The Kier molecular flexibility index (Phi) is 2.87. The topological polar surface area (TPSA) is 62.6 Å². The van der Waals surface area contributed by atoms with Gasteiger partial charge in [-0.2, -0.15) is 4.39 Å². The number of aliphatic imine (C=N–C) groups is 1. The lowest BCUT2D eigenvalue weighted by Gasteiger charge is -2.50. The van der Waals surface area contributed by atoms with Gasteiger partial charge < -0.3 is 4.74 Å². The Labute approximate surface area is 136 Å². The Bertz CT molecular complexity index is 800. The van der Waals surface area contributed by atoms with E-state index in [0.717, 1.165) is 6.54 Å². The molecule has 0 aromatic carbocycles. The molecule has 6 heterocycles. The van der Waals surface area contributed by atoms with Crippen LogP contribution in [0.1, 0.15) is 12.8 Å². The van der Waals surface area contributed by atoms with Crippen LogP contribution in [0.15, 0.2) is 17.1 Å². The van der Waals surface area contributed by atoms with E-state index in [1.54, 1.807) is 6.07 Å². The highest BCUT2D eigenvalue weighted by Gasteiger charge is 2.51. The van der Waals surface area contributed by atoms with Crippen LogP contribution in [0.25, 0.3) is 10.3 Å². The maximum Gasteiger partial charge on any atom is 0.291 e. The molecule has 0 radical (unpaired) electrons. The summed E-state index contributed by atoms with van der Waals surface area (Å²) < 4.78 is 19.4. The number of fused-ring (bicyclic) bond motifs is 3. The van der Waals surface area contributed by atoms with Crippen LogP contribution in [-0.2, 0) is 4.74 Å². The highest BCUT2D eigenvalue weighted by Crippen LogP contribution is 2.41. The predicted molar refractivity (Wildman–Crippen MR) is 86.3 cm³/mol. The molecule has 8 heteroatoms. The second-order valence-corrected chi connectivity index (χ2v) is 7.42. The van der Waals surface area contributed by atoms with E-state index in [0.29, 0.717) is 34.0 Å². The molecule has 0 aliphatic carbocycles. The van der Waals surface area contributed by atoms with Gasteiger partial charge in [-0.3, -0.25) is 10.2 Å². The molecule has 2 aromatic heterocycles. The molecular formula is C15H16FN5OS. The van der Waals surface area contributed by atoms with Crippen molar-refractivity contribution in [2.45, 2.75) is 18.4 Å². The first-order valence-electron chi connectivity index (χ1n) is 7.86. The van der Waals surface area contributed by atoms with E-state index in [1.165, 1.54) is 43.3 Å². The minimum absolute atomic E-state index is 0.167. The zero-order chi connectivity index (χ0) is 15.4. The summed E-state index contributed by atoms with van der Waals surface area (Å²) in [5.41, 5.74) is 0.509. The summed E-state index contributed by atoms with van der Waals surface area (Å²) >= 11 is 1.30. The molecule has 3 saturated heterocycles. The average Bonchev–Trinajstić information content (AvgIpc) is 3.12. The monoisotopic (exact) mass is 333 g/mol. The van der Waals surface area contributed by atoms with Crippen LogP contribution >= 0.6 is 11.3 Å². The number of hydrogen-bond donors (Lipinski definition) is 1. The fraction of sp³-hybridized carbons (Fsp3) is 0.533. The van der Waals surface area contributed by atoms with Crippen LogP contribution in [0.5, 0.6) is 0 Å². The van der Waals surface area contributed by atoms with Gasteiger partial charge in [-0.05, 0) is 38.1 Å². The molecule has 2 bridgehead atoms. The van der Waals surface area contributed by atoms with Crippen molar-refractivity contribution in [3.8, 4) is 0 Å². The molecule has 0 amide bonds. The number of piperidine rings is 3. The van der Waals surface area contributed by atoms with Crippen LogP contribution in [0.2, 0.25) is 0 Å². The van der Waals surface area contributed by atoms with Gasteiger partial charge in [0.25, 0.3) is 6.02 Å². The van der Waals surface area contributed by atoms with Gasteiger partial charge in [0.1, 0.15) is 15.9 Å². The van der Waals surface area contributed by atoms with Crippen LogP contribution in [0, 0.1) is 11.9 Å². The van der Waals surface area contributed by atoms with Gasteiger partial charge in [-0.15, -0.1) is 0 Å². The van der Waals surface area contributed by atoms with Crippen molar-refractivity contribution in [1.82, 2.24) is 14.9 Å². The van der Waals surface area contributed by atoms with Gasteiger partial charge in [0.2, 0.25) is 5.95 Å². The standard InChI is InChI=1S/C15H16FN5OS/c16-11-2-1-10-12(19-11)23-14(18-10)20-13-17-7-15(22-13)8-21-5-3-9(15)4-6-21/h1-2,9H,3-8H2,(H,17,18,20)/t15-/m0/s1. The van der Waals surface area contributed by atoms with Gasteiger partial charge in [-0.25, -0.2) is 15.0 Å². The van der Waals surface area contributed by atoms with Crippen LogP contribution < -0.4 is 5.32 Å². The number of nitrogens with one attached hydrogen (secondary N) is 1. The maximum atomic E-state index is 13.2. The van der Waals surface area contributed by atoms with Crippen LogP contribution in [0.3, 0.4) is 0 Å². The maximum absolute atomic E-state index is 13.2. The van der Waals surface area contributed by atoms with Gasteiger partial charge in [0.05, 0.1) is 6.54 Å². The Morgan fingerprint density at radius 1 is 1.30 bits per heavy atom. The molecule has 6 nitrogen and oxygen atoms in total. The third-order valence-electron chi connectivity index (χ3n) is 5.05. The van der Waals surface area contributed by atoms with Gasteiger partial charge in [0.15, 0.2) is 5.13 Å². The summed E-state index contributed by atoms with van der Waals surface area (Å²) in [5, 5.41) is 3.77. The van der Waals surface area contributed by atoms with Crippen molar-refractivity contribution in [1.29, 1.82) is 0 Å². The van der Waals surface area contributed by atoms with Crippen LogP contribution in [-0.4, -0.2) is 52.7 Å². The van der Waals surface area contributed by atoms with Crippen LogP contribution in [0.4, 0.5) is 9.52 Å². The zero-order valence-corrected chi connectivity index (χ0v) is 13.3. The number of aromatic nitrogens is 2. The Balaban J connectivity index is 1.35. The van der Waals surface area contributed by atoms with E-state index in [-0.39, 0.29) is 5.60 Å². The summed E-state index contributed by atoms with van der Waals surface area (Å²) in [7, 11) is 0. The third kappa shape index (κ3) is 2.20. The van der Waals surface area contributed by atoms with Crippen molar-refractivity contribution in [3.63, 3.8) is 0 Å². The van der Waals surface area contributed by atoms with Crippen molar-refractivity contribution in [3.05, 3.63) is 18.1 Å². The summed E-state index contributed by atoms with van der Waals surface area (Å²) in [6.07, 6.45) is 2.38. The first kappa shape index (κ1) is 13.6. The highest BCUT2D eigenvalue weighted by molar-refractivity contribution is 7.21. The molecule has 2 aromatic rings. The third-order valence-corrected chi connectivity index (χ3v) is 5.93. The lowest BCUT2D eigenvalue weighted by Crippen LogP contribution is -2.61. The van der Waals surface area contributed by atoms with Crippen molar-refractivity contribution in [2.75, 3.05) is 31.5 Å². The fourth-order valence-electron chi connectivity index (χ4n) is 3.89. The van der Waals surface area contributed by atoms with Gasteiger partial charge >= 0.3 is 0 Å². The first-order chi connectivity index (χ1) is 11.2. The minimum Gasteiger partial charge on any atom is -0.455 e. The van der Waals surface area contributed by atoms with E-state index in [2.05, 4.69) is 25.2 Å². The van der Waals surface area contributed by atoms with E-state index >= 15 is 0 Å². The molecule has 4 aliphatic heterocycles. The molecule has 120 valence electrons. The second-order valence-electron chi connectivity index (χ2n) is 6.44. The summed E-state index contributed by atoms with van der Waals surface area (Å²) in [6.45, 7) is 4.01. The SMILES string of the molecule is Fc1ccc2nc(NC3=NC[C@@]4(CN5CCC4CC5)O3)sc2n1. The van der Waals surface area contributed by atoms with Crippen molar-refractivity contribution >= 4 is 32.8 Å². The number of thiazole rings is 1. The second kappa shape index (κ2) is 4.85. The molecule has 1 spiro atoms. The molecule has 4 aliphatic rings. The molecule has 0 unspecified atom stereocenters. The molecule has 6 rings (SSSR count). The van der Waals surface area contributed by atoms with E-state index in [9.17, 15) is 4.39 Å². The number of nitrogens with zero attached hydrogens (tertiary/aromatic N) is 4. The quantitative estimate of drug-likeness (QED) is 0.810. The largest absolute Gasteiger partial charge is 0.455 e. The fourth-order valence-corrected chi connectivity index (χ4v) is 4.70. The zero-order valence-electron chi connectivity index (χ0n) is 12.5. The van der Waals surface area contributed by atoms with Gasteiger partial charge in [0, 0.05) is 12.5 Å².